The van der Waals surface area contributed by atoms with Crippen LogP contribution in [0.2, 0.25) is 0 Å². The lowest BCUT2D eigenvalue weighted by Crippen LogP contribution is -2.34. The van der Waals surface area contributed by atoms with Crippen LogP contribution in [0.15, 0.2) is 12.1 Å². The molecule has 1 fully saturated rings. The second kappa shape index (κ2) is 5.91. The van der Waals surface area contributed by atoms with Crippen LogP contribution in [0.3, 0.4) is 0 Å². The Morgan fingerprint density at radius 3 is 2.80 bits per heavy atom. The van der Waals surface area contributed by atoms with Crippen LogP contribution in [0.4, 0.5) is 5.82 Å². The lowest BCUT2D eigenvalue weighted by atomic mass is 10.1. The minimum atomic E-state index is -0.0428. The number of anilines is 1. The molecule has 5 nitrogen and oxygen atoms in total. The summed E-state index contributed by atoms with van der Waals surface area (Å²) in [4.78, 5) is 18.6. The monoisotopic (exact) mass is 272 g/mol. The average Bonchev–Trinajstić information content (AvgIpc) is 3.22. The van der Waals surface area contributed by atoms with E-state index in [9.17, 15) is 4.79 Å². The van der Waals surface area contributed by atoms with Gasteiger partial charge in [0.15, 0.2) is 0 Å². The van der Waals surface area contributed by atoms with E-state index in [0.717, 1.165) is 18.5 Å². The number of rotatable bonds is 5. The Kier molecular flexibility index (Phi) is 4.23. The fourth-order valence-electron chi connectivity index (χ4n) is 2.17. The highest BCUT2D eigenvalue weighted by atomic mass is 16.2. The summed E-state index contributed by atoms with van der Waals surface area (Å²) in [7, 11) is 0. The number of aromatic nitrogens is 1. The number of amides is 1. The van der Waals surface area contributed by atoms with Crippen LogP contribution in [-0.4, -0.2) is 28.4 Å². The van der Waals surface area contributed by atoms with Gasteiger partial charge in [0.05, 0.1) is 12.5 Å². The maximum atomic E-state index is 12.6. The fraction of sp³-hybridized carbons (Fsp3) is 0.533. The topological polar surface area (TPSA) is 83.0 Å². The summed E-state index contributed by atoms with van der Waals surface area (Å²) in [6, 6.07) is 5.81. The largest absolute Gasteiger partial charge is 0.384 e. The molecule has 0 aromatic carbocycles. The Labute approximate surface area is 119 Å². The number of carbonyl (C=O) groups excluding carboxylic acids is 1. The van der Waals surface area contributed by atoms with Crippen LogP contribution >= 0.6 is 0 Å². The number of hydrogen-bond acceptors (Lipinski definition) is 4. The minimum absolute atomic E-state index is 0.0428. The highest BCUT2D eigenvalue weighted by Crippen LogP contribution is 2.29. The standard InChI is InChI=1S/C15H20N4O/c1-10(2)13-8-11(9-14(17)18-13)15(20)19(7-3-6-16)12-4-5-12/h8-10,12H,3-5,7H2,1-2H3,(H2,17,18). The van der Waals surface area contributed by atoms with E-state index in [1.165, 1.54) is 0 Å². The molecule has 1 aliphatic rings. The van der Waals surface area contributed by atoms with Crippen molar-refractivity contribution < 1.29 is 4.79 Å². The van der Waals surface area contributed by atoms with Crippen molar-refractivity contribution in [1.82, 2.24) is 9.88 Å². The van der Waals surface area contributed by atoms with Crippen LogP contribution in [0.25, 0.3) is 0 Å². The van der Waals surface area contributed by atoms with Gasteiger partial charge in [-0.2, -0.15) is 5.26 Å². The first kappa shape index (κ1) is 14.3. The van der Waals surface area contributed by atoms with E-state index in [4.69, 9.17) is 11.0 Å². The first-order valence-electron chi connectivity index (χ1n) is 6.98. The maximum absolute atomic E-state index is 12.6. The van der Waals surface area contributed by atoms with E-state index in [-0.39, 0.29) is 17.9 Å². The van der Waals surface area contributed by atoms with Gasteiger partial charge in [-0.25, -0.2) is 4.98 Å². The van der Waals surface area contributed by atoms with Gasteiger partial charge in [0.2, 0.25) is 0 Å². The van der Waals surface area contributed by atoms with Crippen LogP contribution in [0, 0.1) is 11.3 Å². The molecule has 1 aromatic heterocycles. The zero-order valence-electron chi connectivity index (χ0n) is 12.0. The van der Waals surface area contributed by atoms with Crippen LogP contribution in [0.1, 0.15) is 55.1 Å². The van der Waals surface area contributed by atoms with Crippen molar-refractivity contribution in [3.63, 3.8) is 0 Å². The Hall–Kier alpha value is -2.09. The van der Waals surface area contributed by atoms with Gasteiger partial charge in [0.1, 0.15) is 5.82 Å². The summed E-state index contributed by atoms with van der Waals surface area (Å²) < 4.78 is 0. The number of nitriles is 1. The second-order valence-corrected chi connectivity index (χ2v) is 5.50. The molecule has 0 saturated heterocycles. The first-order valence-corrected chi connectivity index (χ1v) is 6.98. The van der Waals surface area contributed by atoms with Crippen molar-refractivity contribution in [2.24, 2.45) is 0 Å². The molecule has 1 heterocycles. The number of hydrogen-bond donors (Lipinski definition) is 1. The molecule has 0 bridgehead atoms. The van der Waals surface area contributed by atoms with Gasteiger partial charge in [-0.15, -0.1) is 0 Å². The fourth-order valence-corrected chi connectivity index (χ4v) is 2.17. The molecule has 0 atom stereocenters. The molecule has 2 rings (SSSR count). The van der Waals surface area contributed by atoms with Gasteiger partial charge < -0.3 is 10.6 Å². The summed E-state index contributed by atoms with van der Waals surface area (Å²) in [5.41, 5.74) is 7.19. The van der Waals surface area contributed by atoms with Crippen molar-refractivity contribution >= 4 is 11.7 Å². The molecule has 20 heavy (non-hydrogen) atoms. The molecule has 1 amide bonds. The lowest BCUT2D eigenvalue weighted by molar-refractivity contribution is 0.0746. The zero-order chi connectivity index (χ0) is 14.7. The van der Waals surface area contributed by atoms with E-state index < -0.39 is 0 Å². The van der Waals surface area contributed by atoms with Gasteiger partial charge >= 0.3 is 0 Å². The third kappa shape index (κ3) is 3.27. The third-order valence-corrected chi connectivity index (χ3v) is 3.42. The normalized spacial score (nSPS) is 14.1. The number of pyridine rings is 1. The predicted octanol–water partition coefficient (Wildman–Crippen LogP) is 2.31. The highest BCUT2D eigenvalue weighted by molar-refractivity contribution is 5.95. The van der Waals surface area contributed by atoms with E-state index in [1.54, 1.807) is 11.0 Å². The first-order chi connectivity index (χ1) is 9.52. The predicted molar refractivity (Wildman–Crippen MR) is 77.0 cm³/mol. The maximum Gasteiger partial charge on any atom is 0.254 e. The van der Waals surface area contributed by atoms with E-state index in [0.29, 0.717) is 24.3 Å². The van der Waals surface area contributed by atoms with Gasteiger partial charge in [-0.1, -0.05) is 13.8 Å². The highest BCUT2D eigenvalue weighted by Gasteiger charge is 2.33. The molecule has 5 heteroatoms. The molecule has 0 radical (unpaired) electrons. The van der Waals surface area contributed by atoms with E-state index in [2.05, 4.69) is 11.1 Å². The molecule has 1 saturated carbocycles. The summed E-state index contributed by atoms with van der Waals surface area (Å²) in [5, 5.41) is 8.71. The lowest BCUT2D eigenvalue weighted by Gasteiger charge is -2.22. The Balaban J connectivity index is 2.24. The molecule has 106 valence electrons. The zero-order valence-corrected chi connectivity index (χ0v) is 12.0. The summed E-state index contributed by atoms with van der Waals surface area (Å²) in [6.07, 6.45) is 2.41. The van der Waals surface area contributed by atoms with Gasteiger partial charge in [0.25, 0.3) is 5.91 Å². The third-order valence-electron chi connectivity index (χ3n) is 3.42. The van der Waals surface area contributed by atoms with Gasteiger partial charge in [-0.05, 0) is 30.9 Å². The number of nitrogen functional groups attached to an aromatic ring is 1. The second-order valence-electron chi connectivity index (χ2n) is 5.50. The molecule has 0 spiro atoms. The molecule has 1 aromatic rings. The van der Waals surface area contributed by atoms with Crippen molar-refractivity contribution in [2.45, 2.75) is 45.1 Å². The molecule has 1 aliphatic carbocycles. The SMILES string of the molecule is CC(C)c1cc(C(=O)N(CCC#N)C2CC2)cc(N)n1. The number of nitrogens with zero attached hydrogens (tertiary/aromatic N) is 3. The Morgan fingerprint density at radius 1 is 1.55 bits per heavy atom. The van der Waals surface area contributed by atoms with Crippen molar-refractivity contribution in [3.05, 3.63) is 23.4 Å². The summed E-state index contributed by atoms with van der Waals surface area (Å²) in [6.45, 7) is 4.52. The molecule has 0 aliphatic heterocycles. The quantitative estimate of drug-likeness (QED) is 0.891. The van der Waals surface area contributed by atoms with Gasteiger partial charge in [0, 0.05) is 23.8 Å². The van der Waals surface area contributed by atoms with Crippen LogP contribution < -0.4 is 5.73 Å². The van der Waals surface area contributed by atoms with Crippen LogP contribution in [0.5, 0.6) is 0 Å². The number of nitrogens with two attached hydrogens (primary N) is 1. The van der Waals surface area contributed by atoms with E-state index >= 15 is 0 Å². The molecule has 0 unspecified atom stereocenters. The average molecular weight is 272 g/mol. The van der Waals surface area contributed by atoms with Crippen LogP contribution in [-0.2, 0) is 0 Å². The smallest absolute Gasteiger partial charge is 0.254 e. The Bertz CT molecular complexity index is 543. The van der Waals surface area contributed by atoms with Crippen molar-refractivity contribution in [1.29, 1.82) is 5.26 Å². The molecular weight excluding hydrogens is 252 g/mol. The molecular formula is C15H20N4O. The van der Waals surface area contributed by atoms with Gasteiger partial charge in [-0.3, -0.25) is 4.79 Å². The number of carbonyl (C=O) groups is 1. The molecule has 2 N–H and O–H groups in total. The summed E-state index contributed by atoms with van der Waals surface area (Å²) in [5.74, 6) is 0.549. The van der Waals surface area contributed by atoms with Crippen molar-refractivity contribution in [3.8, 4) is 6.07 Å². The Morgan fingerprint density at radius 2 is 2.25 bits per heavy atom. The summed E-state index contributed by atoms with van der Waals surface area (Å²) >= 11 is 0. The van der Waals surface area contributed by atoms with E-state index in [1.807, 2.05) is 19.9 Å². The van der Waals surface area contributed by atoms with Crippen molar-refractivity contribution in [2.75, 3.05) is 12.3 Å². The minimum Gasteiger partial charge on any atom is -0.384 e.